The molecule has 1 fully saturated rings. The van der Waals surface area contributed by atoms with E-state index in [1.165, 1.54) is 16.8 Å². The molecule has 2 heterocycles. The fourth-order valence-electron chi connectivity index (χ4n) is 3.31. The first-order valence-electron chi connectivity index (χ1n) is 9.28. The van der Waals surface area contributed by atoms with E-state index in [4.69, 9.17) is 0 Å². The average molecular weight is 420 g/mol. The lowest BCUT2D eigenvalue weighted by molar-refractivity contribution is -0.137. The van der Waals surface area contributed by atoms with Crippen molar-refractivity contribution in [1.29, 1.82) is 0 Å². The van der Waals surface area contributed by atoms with Crippen molar-refractivity contribution < 1.29 is 14.7 Å². The third-order valence-electron chi connectivity index (χ3n) is 4.58. The number of amidine groups is 1. The van der Waals surface area contributed by atoms with Crippen LogP contribution in [-0.2, 0) is 16.1 Å². The van der Waals surface area contributed by atoms with Crippen LogP contribution in [0.5, 0.6) is 0 Å². The van der Waals surface area contributed by atoms with Crippen LogP contribution in [0.1, 0.15) is 5.56 Å². The highest BCUT2D eigenvalue weighted by molar-refractivity contribution is 8.18. The summed E-state index contributed by atoms with van der Waals surface area (Å²) in [6, 6.07) is 17.0. The molecule has 1 amide bonds. The van der Waals surface area contributed by atoms with Gasteiger partial charge in [-0.2, -0.15) is 0 Å². The number of aliphatic imine (C=N–C) groups is 1. The number of thioether (sulfide) groups is 1. The molecule has 3 aromatic rings. The summed E-state index contributed by atoms with van der Waals surface area (Å²) in [5.74, 6) is -1.09. The van der Waals surface area contributed by atoms with Crippen LogP contribution in [0.15, 0.2) is 70.7 Å². The number of amides is 1. The Kier molecular flexibility index (Phi) is 5.43. The van der Waals surface area contributed by atoms with E-state index in [1.807, 2.05) is 54.6 Å². The molecular formula is C22H20N4O3S. The quantitative estimate of drug-likeness (QED) is 0.635. The maximum absolute atomic E-state index is 13.1. The zero-order valence-corrected chi connectivity index (χ0v) is 17.3. The summed E-state index contributed by atoms with van der Waals surface area (Å²) in [7, 11) is 3.58. The SMILES string of the molecule is CN(C)N1C(=O)/C(=C\c2cn(CC(=O)O)c3ccccc23)SC1=Nc1ccccc1. The van der Waals surface area contributed by atoms with Crippen molar-refractivity contribution in [3.8, 4) is 0 Å². The molecule has 1 saturated heterocycles. The minimum atomic E-state index is -0.919. The molecule has 1 aliphatic rings. The molecule has 0 radical (unpaired) electrons. The fraction of sp³-hybridized carbons (Fsp3) is 0.136. The molecule has 30 heavy (non-hydrogen) atoms. The Morgan fingerprint density at radius 1 is 1.13 bits per heavy atom. The number of carboxylic acid groups (broad SMARTS) is 1. The van der Waals surface area contributed by atoms with E-state index >= 15 is 0 Å². The summed E-state index contributed by atoms with van der Waals surface area (Å²) < 4.78 is 1.68. The highest BCUT2D eigenvalue weighted by atomic mass is 32.2. The number of aliphatic carboxylic acids is 1. The Morgan fingerprint density at radius 2 is 1.83 bits per heavy atom. The minimum absolute atomic E-state index is 0.144. The second kappa shape index (κ2) is 8.17. The van der Waals surface area contributed by atoms with Crippen molar-refractivity contribution in [1.82, 2.24) is 14.6 Å². The molecule has 8 heteroatoms. The summed E-state index contributed by atoms with van der Waals surface area (Å²) in [5, 5.41) is 13.9. The average Bonchev–Trinajstić information content (AvgIpc) is 3.20. The van der Waals surface area contributed by atoms with E-state index in [2.05, 4.69) is 4.99 Å². The summed E-state index contributed by atoms with van der Waals surface area (Å²) in [6.07, 6.45) is 3.57. The topological polar surface area (TPSA) is 78.1 Å². The number of para-hydroxylation sites is 2. The second-order valence-corrected chi connectivity index (χ2v) is 7.94. The molecule has 1 N–H and O–H groups in total. The van der Waals surface area contributed by atoms with Gasteiger partial charge in [-0.25, -0.2) is 15.0 Å². The van der Waals surface area contributed by atoms with E-state index in [0.717, 1.165) is 22.2 Å². The zero-order valence-electron chi connectivity index (χ0n) is 16.5. The maximum Gasteiger partial charge on any atom is 0.323 e. The number of aromatic nitrogens is 1. The van der Waals surface area contributed by atoms with Gasteiger partial charge in [-0.05, 0) is 36.0 Å². The molecule has 0 spiro atoms. The van der Waals surface area contributed by atoms with E-state index in [9.17, 15) is 14.7 Å². The first kappa shape index (κ1) is 19.9. The van der Waals surface area contributed by atoms with Gasteiger partial charge in [-0.15, -0.1) is 0 Å². The van der Waals surface area contributed by atoms with Crippen LogP contribution in [0.3, 0.4) is 0 Å². The Morgan fingerprint density at radius 3 is 2.53 bits per heavy atom. The Bertz CT molecular complexity index is 1180. The number of rotatable bonds is 5. The van der Waals surface area contributed by atoms with Crippen LogP contribution in [0.4, 0.5) is 5.69 Å². The smallest absolute Gasteiger partial charge is 0.323 e. The van der Waals surface area contributed by atoms with Gasteiger partial charge in [-0.3, -0.25) is 9.59 Å². The lowest BCUT2D eigenvalue weighted by Gasteiger charge is -2.22. The lowest BCUT2D eigenvalue weighted by Crippen LogP contribution is -2.40. The normalized spacial score (nSPS) is 17.0. The fourth-order valence-corrected chi connectivity index (χ4v) is 4.35. The molecule has 4 rings (SSSR count). The molecular weight excluding hydrogens is 400 g/mol. The molecule has 2 aromatic carbocycles. The largest absolute Gasteiger partial charge is 0.480 e. The number of benzene rings is 2. The van der Waals surface area contributed by atoms with Crippen molar-refractivity contribution in [2.75, 3.05) is 14.1 Å². The monoisotopic (exact) mass is 420 g/mol. The third-order valence-corrected chi connectivity index (χ3v) is 5.54. The zero-order chi connectivity index (χ0) is 21.3. The van der Waals surface area contributed by atoms with Crippen LogP contribution in [0.2, 0.25) is 0 Å². The molecule has 1 aromatic heterocycles. The van der Waals surface area contributed by atoms with Gasteiger partial charge in [0.25, 0.3) is 5.91 Å². The molecule has 152 valence electrons. The van der Waals surface area contributed by atoms with Gasteiger partial charge < -0.3 is 9.67 Å². The van der Waals surface area contributed by atoms with E-state index in [-0.39, 0.29) is 12.5 Å². The van der Waals surface area contributed by atoms with Gasteiger partial charge in [0, 0.05) is 36.8 Å². The van der Waals surface area contributed by atoms with Gasteiger partial charge in [-0.1, -0.05) is 36.4 Å². The Hall–Kier alpha value is -3.36. The maximum atomic E-state index is 13.1. The molecule has 0 atom stereocenters. The number of carboxylic acids is 1. The van der Waals surface area contributed by atoms with Crippen LogP contribution in [0, 0.1) is 0 Å². The lowest BCUT2D eigenvalue weighted by atomic mass is 10.1. The predicted octanol–water partition coefficient (Wildman–Crippen LogP) is 3.81. The summed E-state index contributed by atoms with van der Waals surface area (Å²) in [4.78, 5) is 29.5. The highest BCUT2D eigenvalue weighted by Gasteiger charge is 2.35. The number of carbonyl (C=O) groups excluding carboxylic acids is 1. The Labute approximate surface area is 177 Å². The highest BCUT2D eigenvalue weighted by Crippen LogP contribution is 2.36. The molecule has 0 saturated carbocycles. The van der Waals surface area contributed by atoms with Crippen molar-refractivity contribution in [2.45, 2.75) is 6.54 Å². The van der Waals surface area contributed by atoms with Crippen LogP contribution in [-0.4, -0.2) is 50.8 Å². The molecule has 1 aliphatic heterocycles. The minimum Gasteiger partial charge on any atom is -0.480 e. The molecule has 0 bridgehead atoms. The first-order chi connectivity index (χ1) is 14.4. The number of nitrogens with zero attached hydrogens (tertiary/aromatic N) is 4. The predicted molar refractivity (Wildman–Crippen MR) is 119 cm³/mol. The molecule has 0 unspecified atom stereocenters. The summed E-state index contributed by atoms with van der Waals surface area (Å²) in [6.45, 7) is -0.144. The third kappa shape index (κ3) is 3.87. The van der Waals surface area contributed by atoms with Gasteiger partial charge in [0.15, 0.2) is 5.17 Å². The number of hydrogen-bond donors (Lipinski definition) is 1. The van der Waals surface area contributed by atoms with Crippen molar-refractivity contribution in [2.24, 2.45) is 4.99 Å². The van der Waals surface area contributed by atoms with Crippen LogP contribution < -0.4 is 0 Å². The summed E-state index contributed by atoms with van der Waals surface area (Å²) in [5.41, 5.74) is 2.37. The number of hydrazine groups is 1. The Balaban J connectivity index is 1.76. The first-order valence-corrected chi connectivity index (χ1v) is 10.1. The van der Waals surface area contributed by atoms with E-state index in [1.54, 1.807) is 35.9 Å². The molecule has 0 aliphatic carbocycles. The van der Waals surface area contributed by atoms with Gasteiger partial charge in [0.05, 0.1) is 10.6 Å². The number of hydrogen-bond acceptors (Lipinski definition) is 5. The van der Waals surface area contributed by atoms with E-state index < -0.39 is 5.97 Å². The van der Waals surface area contributed by atoms with Crippen molar-refractivity contribution >= 4 is 51.5 Å². The van der Waals surface area contributed by atoms with Crippen LogP contribution >= 0.6 is 11.8 Å². The van der Waals surface area contributed by atoms with Gasteiger partial charge in [0.2, 0.25) is 0 Å². The standard InChI is InChI=1S/C22H20N4O3S/c1-24(2)26-21(29)19(30-22(26)23-16-8-4-3-5-9-16)12-15-13-25(14-20(27)28)18-11-7-6-10-17(15)18/h3-13H,14H2,1-2H3,(H,27,28)/b19-12+,23-22?. The second-order valence-electron chi connectivity index (χ2n) is 6.93. The van der Waals surface area contributed by atoms with Gasteiger partial charge >= 0.3 is 5.97 Å². The number of carbonyl (C=O) groups is 2. The van der Waals surface area contributed by atoms with E-state index in [0.29, 0.717) is 10.1 Å². The van der Waals surface area contributed by atoms with Gasteiger partial charge in [0.1, 0.15) is 6.54 Å². The number of fused-ring (bicyclic) bond motifs is 1. The van der Waals surface area contributed by atoms with Crippen LogP contribution in [0.25, 0.3) is 17.0 Å². The molecule has 7 nitrogen and oxygen atoms in total. The van der Waals surface area contributed by atoms with Crippen molar-refractivity contribution in [3.63, 3.8) is 0 Å². The van der Waals surface area contributed by atoms with Crippen molar-refractivity contribution in [3.05, 3.63) is 71.3 Å². The summed E-state index contributed by atoms with van der Waals surface area (Å²) >= 11 is 1.30.